The molecule has 108 valence electrons. The van der Waals surface area contributed by atoms with Crippen LogP contribution >= 0.6 is 0 Å². The molecule has 0 atom stereocenters. The maximum atomic E-state index is 12.3. The number of sulfonamides is 1. The summed E-state index contributed by atoms with van der Waals surface area (Å²) in [5, 5.41) is 24.4. The van der Waals surface area contributed by atoms with Crippen molar-refractivity contribution in [2.24, 2.45) is 10.2 Å². The van der Waals surface area contributed by atoms with E-state index in [0.29, 0.717) is 18.8 Å². The summed E-state index contributed by atoms with van der Waals surface area (Å²) in [5.41, 5.74) is 0.394. The molecule has 2 rings (SSSR count). The molecule has 0 amide bonds. The summed E-state index contributed by atoms with van der Waals surface area (Å²) < 4.78 is 26.0. The maximum Gasteiger partial charge on any atom is 0.243 e. The Balaban J connectivity index is 2.16. The van der Waals surface area contributed by atoms with Crippen LogP contribution in [0, 0.1) is 22.7 Å². The summed E-state index contributed by atoms with van der Waals surface area (Å²) in [5.74, 6) is 0. The zero-order chi connectivity index (χ0) is 15.3. The van der Waals surface area contributed by atoms with Gasteiger partial charge in [-0.2, -0.15) is 25.1 Å². The van der Waals surface area contributed by atoms with Crippen LogP contribution in [0.1, 0.15) is 12.8 Å². The van der Waals surface area contributed by atoms with Crippen LogP contribution in [0.2, 0.25) is 0 Å². The molecule has 0 bridgehead atoms. The van der Waals surface area contributed by atoms with Gasteiger partial charge < -0.3 is 0 Å². The molecule has 0 radical (unpaired) electrons. The van der Waals surface area contributed by atoms with Crippen molar-refractivity contribution in [2.75, 3.05) is 13.1 Å². The molecule has 0 saturated carbocycles. The highest BCUT2D eigenvalue weighted by Gasteiger charge is 2.26. The predicted molar refractivity (Wildman–Crippen MR) is 74.0 cm³/mol. The molecule has 21 heavy (non-hydrogen) atoms. The number of rotatable bonds is 4. The van der Waals surface area contributed by atoms with Crippen molar-refractivity contribution in [3.8, 4) is 12.1 Å². The third-order valence-electron chi connectivity index (χ3n) is 3.07. The number of azo groups is 1. The Kier molecular flexibility index (Phi) is 4.63. The minimum atomic E-state index is -3.44. The van der Waals surface area contributed by atoms with Gasteiger partial charge in [-0.25, -0.2) is 8.42 Å². The van der Waals surface area contributed by atoms with Crippen molar-refractivity contribution in [1.82, 2.24) is 4.31 Å². The summed E-state index contributed by atoms with van der Waals surface area (Å²) in [6.45, 7) is 1.10. The first-order valence-corrected chi connectivity index (χ1v) is 7.82. The summed E-state index contributed by atoms with van der Waals surface area (Å²) in [7, 11) is -3.44. The Morgan fingerprint density at radius 2 is 1.67 bits per heavy atom. The quantitative estimate of drug-likeness (QED) is 0.792. The highest BCUT2D eigenvalue weighted by atomic mass is 32.2. The molecule has 1 aliphatic rings. The molecule has 8 heteroatoms. The zero-order valence-electron chi connectivity index (χ0n) is 11.2. The van der Waals surface area contributed by atoms with Gasteiger partial charge in [-0.15, -0.1) is 0 Å². The highest BCUT2D eigenvalue weighted by molar-refractivity contribution is 7.89. The molecule has 0 aliphatic carbocycles. The Labute approximate surface area is 123 Å². The van der Waals surface area contributed by atoms with E-state index in [4.69, 9.17) is 10.5 Å². The lowest BCUT2D eigenvalue weighted by Gasteiger charge is -2.15. The second-order valence-corrected chi connectivity index (χ2v) is 6.42. The molecular formula is C13H13N5O2S. The number of nitrogens with zero attached hydrogens (tertiary/aromatic N) is 5. The molecular weight excluding hydrogens is 290 g/mol. The Morgan fingerprint density at radius 3 is 2.19 bits per heavy atom. The van der Waals surface area contributed by atoms with E-state index in [0.717, 1.165) is 12.8 Å². The van der Waals surface area contributed by atoms with Gasteiger partial charge in [0.05, 0.1) is 10.6 Å². The molecule has 0 spiro atoms. The van der Waals surface area contributed by atoms with E-state index in [2.05, 4.69) is 10.2 Å². The number of benzene rings is 1. The first kappa shape index (κ1) is 15.1. The summed E-state index contributed by atoms with van der Waals surface area (Å²) >= 11 is 0. The zero-order valence-corrected chi connectivity index (χ0v) is 12.0. The highest BCUT2D eigenvalue weighted by Crippen LogP contribution is 2.23. The Hall–Kier alpha value is -2.29. The van der Waals surface area contributed by atoms with Crippen molar-refractivity contribution < 1.29 is 8.42 Å². The fourth-order valence-corrected chi connectivity index (χ4v) is 3.48. The van der Waals surface area contributed by atoms with Crippen molar-refractivity contribution in [3.05, 3.63) is 24.3 Å². The van der Waals surface area contributed by atoms with Crippen molar-refractivity contribution in [2.45, 2.75) is 23.8 Å². The summed E-state index contributed by atoms with van der Waals surface area (Å²) in [6, 6.07) is 8.09. The van der Waals surface area contributed by atoms with Crippen LogP contribution in [0.15, 0.2) is 39.4 Å². The van der Waals surface area contributed by atoms with Gasteiger partial charge >= 0.3 is 0 Å². The van der Waals surface area contributed by atoms with Gasteiger partial charge in [-0.1, -0.05) is 0 Å². The third-order valence-corrected chi connectivity index (χ3v) is 4.99. The van der Waals surface area contributed by atoms with Crippen LogP contribution in [0.25, 0.3) is 0 Å². The monoisotopic (exact) mass is 303 g/mol. The Morgan fingerprint density at radius 1 is 1.10 bits per heavy atom. The van der Waals surface area contributed by atoms with Gasteiger partial charge in [-0.05, 0) is 37.1 Å². The number of hydrogen-bond donors (Lipinski definition) is 0. The van der Waals surface area contributed by atoms with Crippen LogP contribution in [0.4, 0.5) is 5.69 Å². The van der Waals surface area contributed by atoms with E-state index in [1.807, 2.05) is 0 Å². The van der Waals surface area contributed by atoms with Gasteiger partial charge in [0.15, 0.2) is 0 Å². The molecule has 1 fully saturated rings. The van der Waals surface area contributed by atoms with Crippen LogP contribution in [-0.2, 0) is 10.0 Å². The minimum absolute atomic E-state index is 0.209. The SMILES string of the molecule is N#CC(C#N)N=Nc1ccc(S(=O)(=O)N2CCCC2)cc1. The van der Waals surface area contributed by atoms with Crippen LogP contribution in [0.3, 0.4) is 0 Å². The molecule has 0 N–H and O–H groups in total. The molecule has 1 aromatic rings. The van der Waals surface area contributed by atoms with Gasteiger partial charge in [0.2, 0.25) is 16.1 Å². The number of nitriles is 2. The van der Waals surface area contributed by atoms with E-state index in [1.54, 1.807) is 12.1 Å². The van der Waals surface area contributed by atoms with E-state index < -0.39 is 16.1 Å². The average molecular weight is 303 g/mol. The summed E-state index contributed by atoms with van der Waals surface area (Å²) in [6.07, 6.45) is 1.77. The van der Waals surface area contributed by atoms with Gasteiger partial charge in [0, 0.05) is 13.1 Å². The lowest BCUT2D eigenvalue weighted by atomic mass is 10.3. The van der Waals surface area contributed by atoms with E-state index >= 15 is 0 Å². The fourth-order valence-electron chi connectivity index (χ4n) is 1.97. The largest absolute Gasteiger partial charge is 0.243 e. The average Bonchev–Trinajstić information content (AvgIpc) is 3.04. The maximum absolute atomic E-state index is 12.3. The van der Waals surface area contributed by atoms with E-state index in [1.165, 1.54) is 28.6 Å². The van der Waals surface area contributed by atoms with Crippen molar-refractivity contribution >= 4 is 15.7 Å². The van der Waals surface area contributed by atoms with Crippen molar-refractivity contribution in [1.29, 1.82) is 10.5 Å². The number of hydrogen-bond acceptors (Lipinski definition) is 6. The Bertz CT molecular complexity index is 692. The fraction of sp³-hybridized carbons (Fsp3) is 0.385. The minimum Gasteiger partial charge on any atom is -0.207 e. The molecule has 7 nitrogen and oxygen atoms in total. The second-order valence-electron chi connectivity index (χ2n) is 4.48. The second kappa shape index (κ2) is 6.44. The standard InChI is InChI=1S/C13H13N5O2S/c14-9-12(10-15)17-16-11-3-5-13(6-4-11)21(19,20)18-7-1-2-8-18/h3-6,12H,1-2,7-8H2. The van der Waals surface area contributed by atoms with Gasteiger partial charge in [0.1, 0.15) is 12.1 Å². The van der Waals surface area contributed by atoms with Crippen LogP contribution < -0.4 is 0 Å². The lowest BCUT2D eigenvalue weighted by molar-refractivity contribution is 0.477. The first-order valence-electron chi connectivity index (χ1n) is 6.38. The van der Waals surface area contributed by atoms with Gasteiger partial charge in [-0.3, -0.25) is 0 Å². The first-order chi connectivity index (χ1) is 10.1. The van der Waals surface area contributed by atoms with Crippen LogP contribution in [-0.4, -0.2) is 31.9 Å². The van der Waals surface area contributed by atoms with E-state index in [-0.39, 0.29) is 4.90 Å². The molecule has 0 aromatic heterocycles. The normalized spacial score (nSPS) is 16.1. The lowest BCUT2D eigenvalue weighted by Crippen LogP contribution is -2.27. The topological polar surface area (TPSA) is 110 Å². The molecule has 0 unspecified atom stereocenters. The van der Waals surface area contributed by atoms with E-state index in [9.17, 15) is 8.42 Å². The molecule has 1 heterocycles. The molecule has 1 aliphatic heterocycles. The van der Waals surface area contributed by atoms with Crippen LogP contribution in [0.5, 0.6) is 0 Å². The third kappa shape index (κ3) is 3.43. The molecule has 1 saturated heterocycles. The van der Waals surface area contributed by atoms with Gasteiger partial charge in [0.25, 0.3) is 0 Å². The smallest absolute Gasteiger partial charge is 0.207 e. The predicted octanol–water partition coefficient (Wildman–Crippen LogP) is 1.97. The molecule has 1 aromatic carbocycles. The van der Waals surface area contributed by atoms with Crippen molar-refractivity contribution in [3.63, 3.8) is 0 Å². The summed E-state index contributed by atoms with van der Waals surface area (Å²) in [4.78, 5) is 0.209.